The molecule has 8 rings (SSSR count). The van der Waals surface area contributed by atoms with Crippen LogP contribution in [0.2, 0.25) is 0 Å². The highest BCUT2D eigenvalue weighted by molar-refractivity contribution is 7.13. The van der Waals surface area contributed by atoms with Gasteiger partial charge in [0.25, 0.3) is 5.69 Å². The zero-order valence-electron chi connectivity index (χ0n) is 32.2. The third-order valence-electron chi connectivity index (χ3n) is 10.4. The molecule has 12 heteroatoms. The summed E-state index contributed by atoms with van der Waals surface area (Å²) in [6, 6.07) is 32.2. The third-order valence-corrected chi connectivity index (χ3v) is 12.3. The van der Waals surface area contributed by atoms with Crippen LogP contribution in [-0.2, 0) is 13.1 Å². The normalized spacial score (nSPS) is 15.5. The lowest BCUT2D eigenvalue weighted by molar-refractivity contribution is -0.384. The number of hydrogen-bond donors (Lipinski definition) is 1. The number of anilines is 3. The molecule has 56 heavy (non-hydrogen) atoms. The van der Waals surface area contributed by atoms with Gasteiger partial charge in [0, 0.05) is 93.4 Å². The molecule has 2 fully saturated rings. The topological polar surface area (TPSA) is 108 Å². The smallest absolute Gasteiger partial charge is 0.292 e. The molecule has 0 radical (unpaired) electrons. The van der Waals surface area contributed by atoms with Gasteiger partial charge in [-0.1, -0.05) is 84.9 Å². The molecule has 290 valence electrons. The van der Waals surface area contributed by atoms with E-state index in [-0.39, 0.29) is 10.6 Å². The number of aromatic nitrogens is 2. The Kier molecular flexibility index (Phi) is 13.0. The molecule has 2 aliphatic heterocycles. The number of hydrogen-bond acceptors (Lipinski definition) is 11. The molecule has 0 amide bonds. The number of nitrogens with zero attached hydrogens (tertiary/aromatic N) is 7. The summed E-state index contributed by atoms with van der Waals surface area (Å²) in [6.45, 7) is 13.5. The molecule has 4 heterocycles. The molecule has 0 atom stereocenters. The molecule has 0 saturated carbocycles. The minimum Gasteiger partial charge on any atom is -0.397 e. The van der Waals surface area contributed by atoms with E-state index >= 15 is 0 Å². The number of nitrogen functional groups attached to an aromatic ring is 1. The van der Waals surface area contributed by atoms with Gasteiger partial charge in [0.1, 0.15) is 15.7 Å². The van der Waals surface area contributed by atoms with Crippen LogP contribution in [0.25, 0.3) is 21.1 Å². The van der Waals surface area contributed by atoms with E-state index in [1.807, 2.05) is 49.4 Å². The second kappa shape index (κ2) is 18.7. The summed E-state index contributed by atoms with van der Waals surface area (Å²) in [5.41, 5.74) is 16.1. The van der Waals surface area contributed by atoms with Gasteiger partial charge in [-0.3, -0.25) is 19.9 Å². The molecule has 2 N–H and O–H groups in total. The van der Waals surface area contributed by atoms with Crippen LogP contribution in [0, 0.1) is 24.0 Å². The Hall–Kier alpha value is -5.14. The van der Waals surface area contributed by atoms with Crippen molar-refractivity contribution in [1.29, 1.82) is 0 Å². The Morgan fingerprint density at radius 1 is 0.607 bits per heavy atom. The van der Waals surface area contributed by atoms with Gasteiger partial charge in [0.2, 0.25) is 0 Å². The molecule has 6 aromatic rings. The summed E-state index contributed by atoms with van der Waals surface area (Å²) in [6.07, 6.45) is 2.12. The maximum atomic E-state index is 11.5. The summed E-state index contributed by atoms with van der Waals surface area (Å²) in [5.74, 6) is 0. The Morgan fingerprint density at radius 3 is 1.59 bits per heavy atom. The van der Waals surface area contributed by atoms with E-state index in [9.17, 15) is 10.1 Å². The molecule has 2 aromatic heterocycles. The van der Waals surface area contributed by atoms with Crippen LogP contribution in [0.15, 0.2) is 108 Å². The number of nitro benzene ring substituents is 1. The number of benzene rings is 4. The molecule has 10 nitrogen and oxygen atoms in total. The first-order valence-corrected chi connectivity index (χ1v) is 21.1. The van der Waals surface area contributed by atoms with Crippen molar-refractivity contribution in [2.24, 2.45) is 0 Å². The molecular formula is C44H50N8O2S2. The van der Waals surface area contributed by atoms with Crippen LogP contribution in [0.5, 0.6) is 0 Å². The quantitative estimate of drug-likeness (QED) is 0.0873. The molecule has 0 bridgehead atoms. The lowest BCUT2D eigenvalue weighted by atomic mass is 10.1. The van der Waals surface area contributed by atoms with Crippen LogP contribution >= 0.6 is 22.7 Å². The number of nitrogens with two attached hydrogens (primary N) is 1. The minimum atomic E-state index is -0.272. The van der Waals surface area contributed by atoms with E-state index in [1.54, 1.807) is 34.8 Å². The van der Waals surface area contributed by atoms with E-state index < -0.39 is 0 Å². The summed E-state index contributed by atoms with van der Waals surface area (Å²) in [4.78, 5) is 30.4. The highest BCUT2D eigenvalue weighted by Crippen LogP contribution is 2.33. The maximum absolute atomic E-state index is 11.5. The lowest BCUT2D eigenvalue weighted by Crippen LogP contribution is -2.31. The zero-order valence-corrected chi connectivity index (χ0v) is 33.9. The molecule has 0 unspecified atom stereocenters. The Labute approximate surface area is 338 Å². The van der Waals surface area contributed by atoms with Crippen molar-refractivity contribution in [2.45, 2.75) is 39.8 Å². The molecule has 2 aliphatic rings. The Bertz CT molecular complexity index is 2170. The van der Waals surface area contributed by atoms with Crippen molar-refractivity contribution >= 4 is 45.4 Å². The number of para-hydroxylation sites is 2. The van der Waals surface area contributed by atoms with Gasteiger partial charge in [-0.05, 0) is 43.9 Å². The van der Waals surface area contributed by atoms with Crippen molar-refractivity contribution in [3.8, 4) is 21.1 Å². The zero-order chi connectivity index (χ0) is 38.9. The third kappa shape index (κ3) is 9.80. The second-order valence-corrected chi connectivity index (χ2v) is 16.2. The van der Waals surface area contributed by atoms with Gasteiger partial charge in [0.15, 0.2) is 0 Å². The highest BCUT2D eigenvalue weighted by Gasteiger charge is 2.24. The lowest BCUT2D eigenvalue weighted by Gasteiger charge is -2.26. The number of thiazole rings is 2. The fourth-order valence-corrected chi connectivity index (χ4v) is 9.30. The first-order valence-electron chi connectivity index (χ1n) is 19.4. The van der Waals surface area contributed by atoms with Gasteiger partial charge in [0.05, 0.1) is 27.7 Å². The van der Waals surface area contributed by atoms with Crippen LogP contribution < -0.4 is 15.5 Å². The summed E-state index contributed by atoms with van der Waals surface area (Å²) >= 11 is 3.41. The van der Waals surface area contributed by atoms with E-state index in [0.717, 1.165) is 117 Å². The van der Waals surface area contributed by atoms with Crippen LogP contribution in [0.4, 0.5) is 22.7 Å². The van der Waals surface area contributed by atoms with Gasteiger partial charge < -0.3 is 15.5 Å². The maximum Gasteiger partial charge on any atom is 0.292 e. The monoisotopic (exact) mass is 786 g/mol. The van der Waals surface area contributed by atoms with E-state index in [1.165, 1.54) is 22.5 Å². The molecule has 2 saturated heterocycles. The summed E-state index contributed by atoms with van der Waals surface area (Å²) < 4.78 is 0. The summed E-state index contributed by atoms with van der Waals surface area (Å²) in [7, 11) is 0. The minimum absolute atomic E-state index is 0.199. The highest BCUT2D eigenvalue weighted by atomic mass is 32.1. The van der Waals surface area contributed by atoms with Crippen molar-refractivity contribution in [3.63, 3.8) is 0 Å². The molecule has 0 spiro atoms. The van der Waals surface area contributed by atoms with E-state index in [0.29, 0.717) is 0 Å². The van der Waals surface area contributed by atoms with E-state index in [2.05, 4.69) is 79.7 Å². The fourth-order valence-electron chi connectivity index (χ4n) is 7.67. The van der Waals surface area contributed by atoms with Crippen molar-refractivity contribution in [3.05, 3.63) is 140 Å². The number of aryl methyl sites for hydroxylation is 2. The number of rotatable bonds is 9. The van der Waals surface area contributed by atoms with Gasteiger partial charge in [-0.2, -0.15) is 0 Å². The van der Waals surface area contributed by atoms with Crippen molar-refractivity contribution in [2.75, 3.05) is 67.9 Å². The summed E-state index contributed by atoms with van der Waals surface area (Å²) in [5, 5.41) is 18.0. The van der Waals surface area contributed by atoms with E-state index in [4.69, 9.17) is 15.7 Å². The van der Waals surface area contributed by atoms with Crippen molar-refractivity contribution in [1.82, 2.24) is 19.8 Å². The first kappa shape index (κ1) is 39.1. The molecular weight excluding hydrogens is 737 g/mol. The first-order chi connectivity index (χ1) is 27.3. The number of nitro groups is 1. The predicted octanol–water partition coefficient (Wildman–Crippen LogP) is 9.15. The molecule has 0 aliphatic carbocycles. The average molecular weight is 787 g/mol. The predicted molar refractivity (Wildman–Crippen MR) is 233 cm³/mol. The van der Waals surface area contributed by atoms with Gasteiger partial charge in [-0.15, -0.1) is 22.7 Å². The Balaban J connectivity index is 0.000000172. The standard InChI is InChI=1S/C22H24N4O2S.C22H26N4S/c1-17-7-5-10-20(26(27)28)21(17)25-12-6-11-24(13-14-25)15-19-16-29-22(23-19)18-8-3-2-4-9-18;1-17-7-5-10-20(23)21(17)26-12-6-11-25(13-14-26)15-19-16-27-22(24-19)18-8-3-2-4-9-18/h2-5,7-10,16H,6,11-15H2,1H3;2-5,7-10,16H,6,11-15,23H2,1H3. The largest absolute Gasteiger partial charge is 0.397 e. The van der Waals surface area contributed by atoms with Gasteiger partial charge in [-0.25, -0.2) is 9.97 Å². The molecule has 4 aromatic carbocycles. The average Bonchev–Trinajstić information content (AvgIpc) is 3.74. The Morgan fingerprint density at radius 2 is 1.09 bits per heavy atom. The van der Waals surface area contributed by atoms with Crippen molar-refractivity contribution < 1.29 is 4.92 Å². The fraction of sp³-hybridized carbons (Fsp3) is 0.318. The van der Waals surface area contributed by atoms with Crippen LogP contribution in [-0.4, -0.2) is 77.0 Å². The van der Waals surface area contributed by atoms with Gasteiger partial charge >= 0.3 is 0 Å². The van der Waals surface area contributed by atoms with Crippen LogP contribution in [0.1, 0.15) is 35.4 Å². The van der Waals surface area contributed by atoms with Crippen LogP contribution in [0.3, 0.4) is 0 Å². The second-order valence-electron chi connectivity index (χ2n) is 14.5. The SMILES string of the molecule is Cc1cccc(N)c1N1CCCN(Cc2csc(-c3ccccc3)n2)CC1.Cc1cccc([N+](=O)[O-])c1N1CCCN(Cc2csc(-c3ccccc3)n2)CC1.